The predicted octanol–water partition coefficient (Wildman–Crippen LogP) is 2.58. The molecule has 0 bridgehead atoms. The fraction of sp³-hybridized carbons (Fsp3) is 0.500. The van der Waals surface area contributed by atoms with E-state index >= 15 is 0 Å². The van der Waals surface area contributed by atoms with Gasteiger partial charge in [-0.1, -0.05) is 26.0 Å². The van der Waals surface area contributed by atoms with Gasteiger partial charge in [0.15, 0.2) is 0 Å². The number of nitrogens with two attached hydrogens (primary N) is 1. The van der Waals surface area contributed by atoms with Crippen LogP contribution in [0.15, 0.2) is 18.2 Å². The molecule has 2 N–H and O–H groups in total. The van der Waals surface area contributed by atoms with Gasteiger partial charge in [0.25, 0.3) is 0 Å². The maximum atomic E-state index is 13.6. The maximum absolute atomic E-state index is 13.6. The fourth-order valence-electron chi connectivity index (χ4n) is 2.27. The van der Waals surface area contributed by atoms with Gasteiger partial charge in [-0.3, -0.25) is 0 Å². The molecule has 2 atom stereocenters. The van der Waals surface area contributed by atoms with Gasteiger partial charge < -0.3 is 5.73 Å². The first kappa shape index (κ1) is 9.66. The number of hydrogen-bond donors (Lipinski definition) is 1. The van der Waals surface area contributed by atoms with Crippen molar-refractivity contribution in [2.45, 2.75) is 32.7 Å². The Kier molecular flexibility index (Phi) is 1.93. The zero-order chi connectivity index (χ0) is 10.5. The molecule has 0 spiro atoms. The smallest absolute Gasteiger partial charge is 0.127 e. The van der Waals surface area contributed by atoms with Crippen LogP contribution in [0, 0.1) is 18.2 Å². The summed E-state index contributed by atoms with van der Waals surface area (Å²) in [5.41, 5.74) is 7.82. The van der Waals surface area contributed by atoms with Crippen LogP contribution in [0.4, 0.5) is 4.39 Å². The minimum absolute atomic E-state index is 0.0486. The van der Waals surface area contributed by atoms with E-state index in [0.717, 1.165) is 11.1 Å². The van der Waals surface area contributed by atoms with E-state index in [1.807, 2.05) is 13.0 Å². The molecule has 1 nitrogen and oxygen atoms in total. The summed E-state index contributed by atoms with van der Waals surface area (Å²) in [7, 11) is 0. The summed E-state index contributed by atoms with van der Waals surface area (Å²) in [4.78, 5) is 0. The van der Waals surface area contributed by atoms with E-state index in [1.54, 1.807) is 6.07 Å². The Morgan fingerprint density at radius 3 is 2.36 bits per heavy atom. The standard InChI is InChI=1S/C12H16FN/c1-7-5-4-6-8(13)9(7)10-11(14)12(10,2)3/h4-6,10-11H,14H2,1-3H3/t10-,11-/m0/s1. The lowest BCUT2D eigenvalue weighted by molar-refractivity contribution is 0.569. The highest BCUT2D eigenvalue weighted by molar-refractivity contribution is 5.40. The van der Waals surface area contributed by atoms with Crippen molar-refractivity contribution in [2.75, 3.05) is 0 Å². The van der Waals surface area contributed by atoms with Crippen LogP contribution in [0.1, 0.15) is 30.9 Å². The van der Waals surface area contributed by atoms with E-state index in [9.17, 15) is 4.39 Å². The van der Waals surface area contributed by atoms with Crippen molar-refractivity contribution in [1.29, 1.82) is 0 Å². The molecule has 1 aliphatic rings. The van der Waals surface area contributed by atoms with Gasteiger partial charge in [0.05, 0.1) is 0 Å². The second-order valence-corrected chi connectivity index (χ2v) is 4.80. The first-order valence-corrected chi connectivity index (χ1v) is 4.97. The van der Waals surface area contributed by atoms with E-state index in [2.05, 4.69) is 13.8 Å². The zero-order valence-corrected chi connectivity index (χ0v) is 8.84. The lowest BCUT2D eigenvalue weighted by atomic mass is 9.98. The molecule has 14 heavy (non-hydrogen) atoms. The molecule has 0 aliphatic heterocycles. The third-order valence-electron chi connectivity index (χ3n) is 3.49. The van der Waals surface area contributed by atoms with E-state index in [-0.39, 0.29) is 23.2 Å². The molecule has 1 aliphatic carbocycles. The van der Waals surface area contributed by atoms with Crippen LogP contribution in [0.2, 0.25) is 0 Å². The van der Waals surface area contributed by atoms with Gasteiger partial charge in [0.1, 0.15) is 5.82 Å². The first-order valence-electron chi connectivity index (χ1n) is 4.97. The van der Waals surface area contributed by atoms with Crippen molar-refractivity contribution >= 4 is 0 Å². The van der Waals surface area contributed by atoms with Crippen molar-refractivity contribution in [2.24, 2.45) is 11.1 Å². The molecule has 0 saturated heterocycles. The van der Waals surface area contributed by atoms with Gasteiger partial charge in [-0.05, 0) is 29.5 Å². The molecule has 2 rings (SSSR count). The molecule has 76 valence electrons. The van der Waals surface area contributed by atoms with Gasteiger partial charge >= 0.3 is 0 Å². The topological polar surface area (TPSA) is 26.0 Å². The fourth-order valence-corrected chi connectivity index (χ4v) is 2.27. The summed E-state index contributed by atoms with van der Waals surface area (Å²) in [6.45, 7) is 6.13. The third kappa shape index (κ3) is 1.17. The minimum atomic E-state index is -0.115. The molecule has 0 amide bonds. The van der Waals surface area contributed by atoms with E-state index in [4.69, 9.17) is 5.73 Å². The van der Waals surface area contributed by atoms with Crippen LogP contribution in [0.5, 0.6) is 0 Å². The molecular weight excluding hydrogens is 177 g/mol. The van der Waals surface area contributed by atoms with Crippen LogP contribution < -0.4 is 5.73 Å². The van der Waals surface area contributed by atoms with Crippen LogP contribution in [-0.2, 0) is 0 Å². The van der Waals surface area contributed by atoms with Crippen LogP contribution in [0.3, 0.4) is 0 Å². The lowest BCUT2D eigenvalue weighted by Gasteiger charge is -2.07. The quantitative estimate of drug-likeness (QED) is 0.729. The number of aryl methyl sites for hydroxylation is 1. The number of halogens is 1. The molecule has 0 radical (unpaired) electrons. The summed E-state index contributed by atoms with van der Waals surface area (Å²) in [5, 5.41) is 0. The Labute approximate surface area is 84.1 Å². The van der Waals surface area contributed by atoms with E-state index in [0.29, 0.717) is 0 Å². The molecule has 0 heterocycles. The molecule has 2 heteroatoms. The summed E-state index contributed by atoms with van der Waals surface area (Å²) in [6, 6.07) is 5.30. The first-order chi connectivity index (χ1) is 6.46. The van der Waals surface area contributed by atoms with Crippen molar-refractivity contribution in [3.8, 4) is 0 Å². The third-order valence-corrected chi connectivity index (χ3v) is 3.49. The highest BCUT2D eigenvalue weighted by atomic mass is 19.1. The van der Waals surface area contributed by atoms with Crippen molar-refractivity contribution in [3.63, 3.8) is 0 Å². The average Bonchev–Trinajstić information content (AvgIpc) is 2.54. The summed E-state index contributed by atoms with van der Waals surface area (Å²) in [5.74, 6) is 0.0692. The van der Waals surface area contributed by atoms with Gasteiger partial charge in [-0.25, -0.2) is 4.39 Å². The van der Waals surface area contributed by atoms with E-state index in [1.165, 1.54) is 6.07 Å². The monoisotopic (exact) mass is 193 g/mol. The molecule has 0 unspecified atom stereocenters. The largest absolute Gasteiger partial charge is 0.327 e. The SMILES string of the molecule is Cc1cccc(F)c1[C@H]1[C@H](N)C1(C)C. The Morgan fingerprint density at radius 2 is 1.93 bits per heavy atom. The number of rotatable bonds is 1. The van der Waals surface area contributed by atoms with Gasteiger partial charge in [-0.15, -0.1) is 0 Å². The maximum Gasteiger partial charge on any atom is 0.127 e. The van der Waals surface area contributed by atoms with Crippen LogP contribution in [-0.4, -0.2) is 6.04 Å². The van der Waals surface area contributed by atoms with E-state index < -0.39 is 0 Å². The predicted molar refractivity (Wildman–Crippen MR) is 55.6 cm³/mol. The minimum Gasteiger partial charge on any atom is -0.327 e. The van der Waals surface area contributed by atoms with Gasteiger partial charge in [0.2, 0.25) is 0 Å². The van der Waals surface area contributed by atoms with Gasteiger partial charge in [-0.2, -0.15) is 0 Å². The number of hydrogen-bond acceptors (Lipinski definition) is 1. The Morgan fingerprint density at radius 1 is 1.36 bits per heavy atom. The Bertz CT molecular complexity index is 350. The summed E-state index contributed by atoms with van der Waals surface area (Å²) < 4.78 is 13.6. The Balaban J connectivity index is 2.44. The Hall–Kier alpha value is -0.890. The summed E-state index contributed by atoms with van der Waals surface area (Å²) in [6.07, 6.45) is 0. The summed E-state index contributed by atoms with van der Waals surface area (Å²) >= 11 is 0. The second kappa shape index (κ2) is 2.80. The molecule has 1 aromatic rings. The molecular formula is C12H16FN. The average molecular weight is 193 g/mol. The van der Waals surface area contributed by atoms with Crippen molar-refractivity contribution in [3.05, 3.63) is 35.1 Å². The second-order valence-electron chi connectivity index (χ2n) is 4.80. The molecule has 1 aromatic carbocycles. The highest BCUT2D eigenvalue weighted by Crippen LogP contribution is 2.58. The lowest BCUT2D eigenvalue weighted by Crippen LogP contribution is -2.06. The van der Waals surface area contributed by atoms with Crippen molar-refractivity contribution < 1.29 is 4.39 Å². The van der Waals surface area contributed by atoms with Gasteiger partial charge in [0, 0.05) is 12.0 Å². The number of benzene rings is 1. The highest BCUT2D eigenvalue weighted by Gasteiger charge is 2.57. The normalized spacial score (nSPS) is 28.9. The van der Waals surface area contributed by atoms with Crippen LogP contribution >= 0.6 is 0 Å². The van der Waals surface area contributed by atoms with Crippen molar-refractivity contribution in [1.82, 2.24) is 0 Å². The van der Waals surface area contributed by atoms with Crippen LogP contribution in [0.25, 0.3) is 0 Å². The molecule has 1 saturated carbocycles. The molecule has 0 aromatic heterocycles. The zero-order valence-electron chi connectivity index (χ0n) is 8.84. The molecule has 1 fully saturated rings.